The minimum atomic E-state index is -4.35. The Morgan fingerprint density at radius 1 is 0.742 bits per heavy atom. The lowest BCUT2D eigenvalue weighted by molar-refractivity contribution is -0.137. The summed E-state index contributed by atoms with van der Waals surface area (Å²) in [6.07, 6.45) is -0.475. The molecule has 0 spiro atoms. The number of hydrogen-bond acceptors (Lipinski definition) is 6. The number of fused-ring (bicyclic) bond motifs is 1. The maximum Gasteiger partial charge on any atom is 0.321 e. The molecule has 0 unspecified atom stereocenters. The van der Waals surface area contributed by atoms with E-state index in [-0.39, 0.29) is 9.79 Å². The van der Waals surface area contributed by atoms with Crippen LogP contribution in [0.2, 0.25) is 0 Å². The Morgan fingerprint density at radius 3 is 1.71 bits per heavy atom. The van der Waals surface area contributed by atoms with Crippen molar-refractivity contribution in [1.29, 1.82) is 0 Å². The molecule has 3 aromatic rings. The van der Waals surface area contributed by atoms with Gasteiger partial charge in [0.15, 0.2) is 24.3 Å². The Bertz CT molecular complexity index is 1260. The topological polar surface area (TPSA) is 94.6 Å². The summed E-state index contributed by atoms with van der Waals surface area (Å²) in [4.78, 5) is 12.6. The molecule has 1 atom stereocenters. The van der Waals surface area contributed by atoms with Crippen LogP contribution in [0.1, 0.15) is 18.9 Å². The van der Waals surface area contributed by atoms with Gasteiger partial charge < -0.3 is 4.74 Å². The van der Waals surface area contributed by atoms with Crippen LogP contribution in [0.4, 0.5) is 0 Å². The van der Waals surface area contributed by atoms with Crippen LogP contribution in [0.3, 0.4) is 0 Å². The van der Waals surface area contributed by atoms with Crippen molar-refractivity contribution < 1.29 is 26.4 Å². The first-order valence-electron chi connectivity index (χ1n) is 9.57. The fourth-order valence-electron chi connectivity index (χ4n) is 3.77. The van der Waals surface area contributed by atoms with Crippen molar-refractivity contribution in [3.05, 3.63) is 90.5 Å². The van der Waals surface area contributed by atoms with Crippen LogP contribution in [0.15, 0.2) is 94.7 Å². The van der Waals surface area contributed by atoms with Crippen molar-refractivity contribution >= 4 is 25.6 Å². The van der Waals surface area contributed by atoms with Gasteiger partial charge in [0.1, 0.15) is 5.75 Å². The highest BCUT2D eigenvalue weighted by atomic mass is 32.3. The zero-order chi connectivity index (χ0) is 22.3. The zero-order valence-electron chi connectivity index (χ0n) is 16.6. The third kappa shape index (κ3) is 3.55. The molecular weight excluding hydrogens is 436 g/mol. The zero-order valence-corrected chi connectivity index (χ0v) is 18.3. The minimum Gasteiger partial charge on any atom is -0.426 e. The van der Waals surface area contributed by atoms with Crippen molar-refractivity contribution in [2.45, 2.75) is 33.1 Å². The van der Waals surface area contributed by atoms with E-state index in [0.29, 0.717) is 11.3 Å². The third-order valence-corrected chi connectivity index (χ3v) is 10.6. The van der Waals surface area contributed by atoms with E-state index in [2.05, 4.69) is 0 Å². The summed E-state index contributed by atoms with van der Waals surface area (Å²) >= 11 is 0. The standard InChI is InChI=1S/C23H20O6S2/c1-23(19-14-8-9-15-20(19)29-22(23)24)16-21(30(25,26)17-10-4-2-5-11-17)31(27,28)18-12-6-3-7-13-18/h2-15,21H,16H2,1H3/t23-/m0/s1. The minimum absolute atomic E-state index is 0.122. The number of sulfone groups is 2. The van der Waals surface area contributed by atoms with Crippen LogP contribution in [-0.2, 0) is 29.9 Å². The van der Waals surface area contributed by atoms with Gasteiger partial charge in [0.25, 0.3) is 0 Å². The van der Waals surface area contributed by atoms with E-state index in [9.17, 15) is 21.6 Å². The van der Waals surface area contributed by atoms with Gasteiger partial charge in [-0.3, -0.25) is 4.79 Å². The van der Waals surface area contributed by atoms with Crippen LogP contribution in [0.5, 0.6) is 5.75 Å². The number of para-hydroxylation sites is 1. The second-order valence-electron chi connectivity index (χ2n) is 7.57. The Balaban J connectivity index is 1.90. The summed E-state index contributed by atoms with van der Waals surface area (Å²) in [5.41, 5.74) is -0.971. The highest BCUT2D eigenvalue weighted by molar-refractivity contribution is 8.09. The highest BCUT2D eigenvalue weighted by Crippen LogP contribution is 2.45. The molecule has 0 saturated heterocycles. The number of hydrogen-bond donors (Lipinski definition) is 0. The van der Waals surface area contributed by atoms with Crippen LogP contribution in [-0.4, -0.2) is 27.4 Å². The van der Waals surface area contributed by atoms with Gasteiger partial charge in [-0.15, -0.1) is 0 Å². The Kier molecular flexibility index (Phi) is 5.23. The third-order valence-electron chi connectivity index (χ3n) is 5.55. The SMILES string of the molecule is C[C@@]1(CC(S(=O)(=O)c2ccccc2)S(=O)(=O)c2ccccc2)C(=O)Oc2ccccc21. The van der Waals surface area contributed by atoms with Crippen LogP contribution >= 0.6 is 0 Å². The molecule has 160 valence electrons. The Morgan fingerprint density at radius 2 is 1.19 bits per heavy atom. The van der Waals surface area contributed by atoms with Gasteiger partial charge in [-0.1, -0.05) is 54.6 Å². The van der Waals surface area contributed by atoms with E-state index in [1.807, 2.05) is 0 Å². The first kappa shape index (κ1) is 21.3. The molecule has 0 amide bonds. The largest absolute Gasteiger partial charge is 0.426 e. The van der Waals surface area contributed by atoms with E-state index in [0.717, 1.165) is 0 Å². The summed E-state index contributed by atoms with van der Waals surface area (Å²) in [5.74, 6) is -0.367. The molecular formula is C23H20O6S2. The molecule has 0 fully saturated rings. The molecule has 0 saturated carbocycles. The van der Waals surface area contributed by atoms with Crippen molar-refractivity contribution in [2.24, 2.45) is 0 Å². The number of benzene rings is 3. The average Bonchev–Trinajstić information content (AvgIpc) is 3.03. The lowest BCUT2D eigenvalue weighted by Gasteiger charge is -2.27. The molecule has 31 heavy (non-hydrogen) atoms. The quantitative estimate of drug-likeness (QED) is 0.416. The van der Waals surface area contributed by atoms with Crippen LogP contribution < -0.4 is 4.74 Å². The lowest BCUT2D eigenvalue weighted by atomic mass is 9.81. The number of carbonyl (C=O) groups excluding carboxylic acids is 1. The van der Waals surface area contributed by atoms with Crippen LogP contribution in [0.25, 0.3) is 0 Å². The summed E-state index contributed by atoms with van der Waals surface area (Å²) in [6.45, 7) is 1.52. The van der Waals surface area contributed by atoms with E-state index in [1.54, 1.807) is 36.4 Å². The summed E-state index contributed by atoms with van der Waals surface area (Å²) in [6, 6.07) is 21.5. The molecule has 3 aromatic carbocycles. The number of carbonyl (C=O) groups is 1. The second-order valence-corrected chi connectivity index (χ2v) is 12.1. The number of ether oxygens (including phenoxy) is 1. The summed E-state index contributed by atoms with van der Waals surface area (Å²) in [5, 5.41) is 0. The first-order chi connectivity index (χ1) is 14.7. The molecule has 1 aliphatic heterocycles. The van der Waals surface area contributed by atoms with Gasteiger partial charge in [0, 0.05) is 5.56 Å². The number of rotatable bonds is 6. The second kappa shape index (κ2) is 7.62. The summed E-state index contributed by atoms with van der Waals surface area (Å²) in [7, 11) is -8.71. The van der Waals surface area contributed by atoms with Gasteiger partial charge in [0.2, 0.25) is 0 Å². The van der Waals surface area contributed by atoms with E-state index >= 15 is 0 Å². The maximum absolute atomic E-state index is 13.6. The van der Waals surface area contributed by atoms with Crippen molar-refractivity contribution in [3.8, 4) is 5.75 Å². The molecule has 1 aliphatic rings. The van der Waals surface area contributed by atoms with Gasteiger partial charge in [-0.2, -0.15) is 0 Å². The number of esters is 1. The smallest absolute Gasteiger partial charge is 0.321 e. The average molecular weight is 457 g/mol. The van der Waals surface area contributed by atoms with E-state index in [1.165, 1.54) is 55.5 Å². The Hall–Kier alpha value is -2.97. The molecule has 0 bridgehead atoms. The van der Waals surface area contributed by atoms with E-state index in [4.69, 9.17) is 4.74 Å². The molecule has 4 rings (SSSR count). The normalized spacial score (nSPS) is 18.6. The molecule has 6 nitrogen and oxygen atoms in total. The lowest BCUT2D eigenvalue weighted by Crippen LogP contribution is -2.41. The van der Waals surface area contributed by atoms with Crippen molar-refractivity contribution in [2.75, 3.05) is 0 Å². The first-order valence-corrected chi connectivity index (χ1v) is 12.7. The Labute approximate surface area is 181 Å². The fourth-order valence-corrected chi connectivity index (χ4v) is 8.56. The molecule has 8 heteroatoms. The van der Waals surface area contributed by atoms with Crippen molar-refractivity contribution in [1.82, 2.24) is 0 Å². The predicted molar refractivity (Wildman–Crippen MR) is 115 cm³/mol. The maximum atomic E-state index is 13.6. The predicted octanol–water partition coefficient (Wildman–Crippen LogP) is 3.53. The van der Waals surface area contributed by atoms with Crippen LogP contribution in [0, 0.1) is 0 Å². The molecule has 0 aliphatic carbocycles. The monoisotopic (exact) mass is 456 g/mol. The molecule has 0 N–H and O–H groups in total. The van der Waals surface area contributed by atoms with Crippen molar-refractivity contribution in [3.63, 3.8) is 0 Å². The van der Waals surface area contributed by atoms with Gasteiger partial charge in [0.05, 0.1) is 15.2 Å². The molecule has 0 radical (unpaired) electrons. The highest BCUT2D eigenvalue weighted by Gasteiger charge is 2.52. The van der Waals surface area contributed by atoms with Gasteiger partial charge >= 0.3 is 5.97 Å². The van der Waals surface area contributed by atoms with Gasteiger partial charge in [-0.25, -0.2) is 16.8 Å². The van der Waals surface area contributed by atoms with E-state index < -0.39 is 42.1 Å². The molecule has 1 heterocycles. The molecule has 0 aromatic heterocycles. The van der Waals surface area contributed by atoms with Gasteiger partial charge in [-0.05, 0) is 43.7 Å². The fraction of sp³-hybridized carbons (Fsp3) is 0.174. The summed E-state index contributed by atoms with van der Waals surface area (Å²) < 4.78 is 57.7.